The lowest BCUT2D eigenvalue weighted by Crippen LogP contribution is -2.43. The predicted molar refractivity (Wildman–Crippen MR) is 84.6 cm³/mol. The fraction of sp³-hybridized carbons (Fsp3) is 0.500. The molecule has 0 aromatic heterocycles. The van der Waals surface area contributed by atoms with Gasteiger partial charge in [0.25, 0.3) is 0 Å². The molecule has 1 atom stereocenters. The molecule has 5 nitrogen and oxygen atoms in total. The van der Waals surface area contributed by atoms with E-state index in [4.69, 9.17) is 27.4 Å². The van der Waals surface area contributed by atoms with Crippen LogP contribution in [0.15, 0.2) is 18.2 Å². The molecule has 1 aromatic rings. The first-order valence-corrected chi connectivity index (χ1v) is 7.03. The third kappa shape index (κ3) is 3.82. The molecule has 110 valence electrons. The van der Waals surface area contributed by atoms with Crippen LogP contribution in [0, 0.1) is 0 Å². The van der Waals surface area contributed by atoms with E-state index in [1.807, 2.05) is 18.2 Å². The number of likely N-dealkylation sites (N-methyl/N-ethyl adjacent to an activating group) is 1. The monoisotopic (exact) mass is 295 g/mol. The van der Waals surface area contributed by atoms with Crippen molar-refractivity contribution in [3.63, 3.8) is 0 Å². The topological polar surface area (TPSA) is 59.8 Å². The summed E-state index contributed by atoms with van der Waals surface area (Å²) < 4.78 is 11.0. The molecule has 0 saturated carbocycles. The van der Waals surface area contributed by atoms with Crippen LogP contribution in [-0.4, -0.2) is 56.4 Å². The summed E-state index contributed by atoms with van der Waals surface area (Å²) in [6, 6.07) is 5.63. The number of nitrogens with two attached hydrogens (primary N) is 1. The molecule has 1 aliphatic heterocycles. The summed E-state index contributed by atoms with van der Waals surface area (Å²) in [6.07, 6.45) is 0.166. The van der Waals surface area contributed by atoms with Crippen LogP contribution in [0.3, 0.4) is 0 Å². The van der Waals surface area contributed by atoms with E-state index in [-0.39, 0.29) is 6.10 Å². The Hall–Kier alpha value is -1.37. The van der Waals surface area contributed by atoms with Gasteiger partial charge in [-0.25, -0.2) is 0 Å². The van der Waals surface area contributed by atoms with Gasteiger partial charge in [-0.15, -0.1) is 0 Å². The van der Waals surface area contributed by atoms with Gasteiger partial charge in [-0.1, -0.05) is 12.2 Å². The van der Waals surface area contributed by atoms with Crippen molar-refractivity contribution in [3.8, 4) is 5.75 Å². The molecule has 0 bridgehead atoms. The average Bonchev–Trinajstić information content (AvgIpc) is 2.44. The van der Waals surface area contributed by atoms with Crippen molar-refractivity contribution < 1.29 is 9.47 Å². The molecule has 1 unspecified atom stereocenters. The second-order valence-electron chi connectivity index (χ2n) is 4.91. The average molecular weight is 295 g/mol. The molecule has 1 aromatic carbocycles. The fourth-order valence-corrected chi connectivity index (χ4v) is 2.40. The van der Waals surface area contributed by atoms with Crippen molar-refractivity contribution in [2.24, 2.45) is 5.73 Å². The first-order valence-electron chi connectivity index (χ1n) is 6.62. The highest BCUT2D eigenvalue weighted by atomic mass is 32.1. The van der Waals surface area contributed by atoms with Gasteiger partial charge in [0, 0.05) is 37.0 Å². The summed E-state index contributed by atoms with van der Waals surface area (Å²) >= 11 is 5.08. The molecule has 0 spiro atoms. The first kappa shape index (κ1) is 15.0. The molecular formula is C14H21N3O2S. The Labute approximate surface area is 125 Å². The van der Waals surface area contributed by atoms with Crippen LogP contribution in [0.4, 0.5) is 5.69 Å². The smallest absolute Gasteiger partial charge is 0.120 e. The molecule has 20 heavy (non-hydrogen) atoms. The molecule has 1 fully saturated rings. The Morgan fingerprint density at radius 1 is 1.60 bits per heavy atom. The minimum atomic E-state index is 0.166. The maximum absolute atomic E-state index is 5.75. The molecule has 0 aliphatic carbocycles. The number of hydrogen-bond acceptors (Lipinski definition) is 5. The third-order valence-electron chi connectivity index (χ3n) is 3.35. The third-order valence-corrected chi connectivity index (χ3v) is 3.57. The Morgan fingerprint density at radius 3 is 3.05 bits per heavy atom. The fourth-order valence-electron chi connectivity index (χ4n) is 2.23. The zero-order valence-electron chi connectivity index (χ0n) is 11.9. The van der Waals surface area contributed by atoms with E-state index < -0.39 is 0 Å². The number of ether oxygens (including phenoxy) is 2. The molecule has 2 rings (SSSR count). The number of hydrogen-bond donors (Lipinski definition) is 2. The molecule has 0 radical (unpaired) electrons. The Kier molecular flexibility index (Phi) is 5.17. The maximum atomic E-state index is 5.75. The first-order chi connectivity index (χ1) is 9.60. The highest BCUT2D eigenvalue weighted by Gasteiger charge is 2.18. The van der Waals surface area contributed by atoms with E-state index in [9.17, 15) is 0 Å². The summed E-state index contributed by atoms with van der Waals surface area (Å²) in [5.41, 5.74) is 7.46. The highest BCUT2D eigenvalue weighted by Crippen LogP contribution is 2.22. The lowest BCUT2D eigenvalue weighted by atomic mass is 10.1. The maximum Gasteiger partial charge on any atom is 0.120 e. The summed E-state index contributed by atoms with van der Waals surface area (Å²) in [5, 5.41) is 3.36. The van der Waals surface area contributed by atoms with Crippen LogP contribution in [0.25, 0.3) is 0 Å². The molecule has 1 heterocycles. The normalized spacial score (nSPS) is 19.6. The summed E-state index contributed by atoms with van der Waals surface area (Å²) in [6.45, 7) is 3.38. The van der Waals surface area contributed by atoms with Crippen molar-refractivity contribution in [2.75, 3.05) is 45.7 Å². The summed E-state index contributed by atoms with van der Waals surface area (Å²) in [5.74, 6) is 0.772. The van der Waals surface area contributed by atoms with Crippen molar-refractivity contribution in [1.29, 1.82) is 0 Å². The van der Waals surface area contributed by atoms with Crippen LogP contribution in [-0.2, 0) is 4.74 Å². The van der Waals surface area contributed by atoms with Gasteiger partial charge in [0.05, 0.1) is 19.8 Å². The van der Waals surface area contributed by atoms with Gasteiger partial charge >= 0.3 is 0 Å². The van der Waals surface area contributed by atoms with Gasteiger partial charge in [0.2, 0.25) is 0 Å². The molecule has 6 heteroatoms. The van der Waals surface area contributed by atoms with Crippen molar-refractivity contribution in [1.82, 2.24) is 4.90 Å². The minimum Gasteiger partial charge on any atom is -0.497 e. The van der Waals surface area contributed by atoms with Crippen LogP contribution in [0.1, 0.15) is 5.56 Å². The second-order valence-corrected chi connectivity index (χ2v) is 5.35. The van der Waals surface area contributed by atoms with Gasteiger partial charge in [-0.2, -0.15) is 0 Å². The van der Waals surface area contributed by atoms with Gasteiger partial charge in [0.1, 0.15) is 10.7 Å². The van der Waals surface area contributed by atoms with Gasteiger partial charge in [-0.05, 0) is 19.2 Å². The van der Waals surface area contributed by atoms with E-state index in [0.717, 1.165) is 36.7 Å². The Balaban J connectivity index is 2.05. The zero-order chi connectivity index (χ0) is 14.5. The van der Waals surface area contributed by atoms with Crippen LogP contribution in [0.2, 0.25) is 0 Å². The molecular weight excluding hydrogens is 274 g/mol. The number of anilines is 1. The second kappa shape index (κ2) is 6.88. The number of nitrogens with zero attached hydrogens (tertiary/aromatic N) is 1. The van der Waals surface area contributed by atoms with E-state index in [0.29, 0.717) is 11.5 Å². The van der Waals surface area contributed by atoms with Crippen LogP contribution >= 0.6 is 12.2 Å². The van der Waals surface area contributed by atoms with Crippen molar-refractivity contribution in [2.45, 2.75) is 6.10 Å². The lowest BCUT2D eigenvalue weighted by molar-refractivity contribution is -0.0117. The number of nitrogens with one attached hydrogen (secondary N) is 1. The quantitative estimate of drug-likeness (QED) is 0.793. The largest absolute Gasteiger partial charge is 0.497 e. The summed E-state index contributed by atoms with van der Waals surface area (Å²) in [7, 11) is 3.74. The van der Waals surface area contributed by atoms with E-state index in [1.54, 1.807) is 7.11 Å². The number of benzene rings is 1. The van der Waals surface area contributed by atoms with Gasteiger partial charge in [-0.3, -0.25) is 0 Å². The van der Waals surface area contributed by atoms with E-state index in [1.165, 1.54) is 0 Å². The van der Waals surface area contributed by atoms with E-state index >= 15 is 0 Å². The van der Waals surface area contributed by atoms with Gasteiger partial charge in [0.15, 0.2) is 0 Å². The number of methoxy groups -OCH3 is 1. The molecule has 1 aliphatic rings. The van der Waals surface area contributed by atoms with Crippen molar-refractivity contribution in [3.05, 3.63) is 23.8 Å². The van der Waals surface area contributed by atoms with E-state index in [2.05, 4.69) is 17.3 Å². The standard InChI is InChI=1S/C14H21N3O2S/c1-17-5-6-19-11(9-17)8-16-13-7-10(18-2)3-4-12(13)14(15)20/h3-4,7,11,16H,5-6,8-9H2,1-2H3,(H2,15,20). The minimum absolute atomic E-state index is 0.166. The molecule has 3 N–H and O–H groups in total. The zero-order valence-corrected chi connectivity index (χ0v) is 12.7. The van der Waals surface area contributed by atoms with Crippen molar-refractivity contribution >= 4 is 22.9 Å². The number of morpholine rings is 1. The van der Waals surface area contributed by atoms with Crippen LogP contribution < -0.4 is 15.8 Å². The lowest BCUT2D eigenvalue weighted by Gasteiger charge is -2.30. The number of rotatable bonds is 5. The highest BCUT2D eigenvalue weighted by molar-refractivity contribution is 7.80. The number of thiocarbonyl (C=S) groups is 1. The van der Waals surface area contributed by atoms with Crippen LogP contribution in [0.5, 0.6) is 5.75 Å². The predicted octanol–water partition coefficient (Wildman–Crippen LogP) is 1.07. The summed E-state index contributed by atoms with van der Waals surface area (Å²) in [4.78, 5) is 2.63. The SMILES string of the molecule is COc1ccc(C(N)=S)c(NCC2CN(C)CCO2)c1. The molecule has 0 amide bonds. The Morgan fingerprint density at radius 2 is 2.40 bits per heavy atom. The molecule has 1 saturated heterocycles. The van der Waals surface area contributed by atoms with Gasteiger partial charge < -0.3 is 25.4 Å². The Bertz CT molecular complexity index is 481.